The molecule has 1 unspecified atom stereocenters. The Bertz CT molecular complexity index is 625. The first-order valence-corrected chi connectivity index (χ1v) is 6.09. The molecule has 2 aromatic rings. The first-order valence-electron chi connectivity index (χ1n) is 6.09. The highest BCUT2D eigenvalue weighted by Crippen LogP contribution is 2.34. The third-order valence-electron chi connectivity index (χ3n) is 3.40. The van der Waals surface area contributed by atoms with Gasteiger partial charge in [0.15, 0.2) is 0 Å². The molecule has 0 fully saturated rings. The first kappa shape index (κ1) is 12.2. The fraction of sp³-hybridized carbons (Fsp3) is 0.200. The van der Waals surface area contributed by atoms with Crippen molar-refractivity contribution in [3.8, 4) is 11.1 Å². The maximum Gasteiger partial charge on any atom is 0.138 e. The Balaban J connectivity index is 2.18. The van der Waals surface area contributed by atoms with Crippen LogP contribution in [0, 0.1) is 11.6 Å². The van der Waals surface area contributed by atoms with Gasteiger partial charge in [-0.25, -0.2) is 13.2 Å². The molecule has 19 heavy (non-hydrogen) atoms. The number of hydrogen-bond donors (Lipinski definition) is 1. The van der Waals surface area contributed by atoms with E-state index in [0.29, 0.717) is 23.2 Å². The van der Waals surface area contributed by atoms with E-state index in [0.717, 1.165) is 11.6 Å². The molecule has 1 N–H and O–H groups in total. The van der Waals surface area contributed by atoms with Gasteiger partial charge in [-0.3, -0.25) is 0 Å². The van der Waals surface area contributed by atoms with Crippen molar-refractivity contribution in [3.05, 3.63) is 59.2 Å². The second-order valence-corrected chi connectivity index (χ2v) is 4.60. The van der Waals surface area contributed by atoms with Crippen LogP contribution in [0.4, 0.5) is 13.2 Å². The van der Waals surface area contributed by atoms with Gasteiger partial charge in [-0.05, 0) is 28.8 Å². The fourth-order valence-corrected chi connectivity index (χ4v) is 2.49. The van der Waals surface area contributed by atoms with E-state index in [1.54, 1.807) is 18.2 Å². The Morgan fingerprint density at radius 2 is 1.89 bits per heavy atom. The highest BCUT2D eigenvalue weighted by atomic mass is 19.1. The van der Waals surface area contributed by atoms with Gasteiger partial charge in [-0.1, -0.05) is 18.2 Å². The summed E-state index contributed by atoms with van der Waals surface area (Å²) in [5, 5.41) is 2.96. The number of rotatable bonds is 1. The van der Waals surface area contributed by atoms with Crippen molar-refractivity contribution in [2.24, 2.45) is 0 Å². The van der Waals surface area contributed by atoms with Crippen molar-refractivity contribution in [2.75, 3.05) is 6.54 Å². The standard InChI is InChI=1S/C15H12F3N/c16-9-4-5-12(14(17)6-9)10-2-1-3-11-13(10)7-19-8-15(11)18/h1-6,15,19H,7-8H2. The molecule has 0 aromatic heterocycles. The molecule has 1 nitrogen and oxygen atoms in total. The lowest BCUT2D eigenvalue weighted by Gasteiger charge is -2.23. The second-order valence-electron chi connectivity index (χ2n) is 4.60. The van der Waals surface area contributed by atoms with Gasteiger partial charge in [0.1, 0.15) is 17.8 Å². The SMILES string of the molecule is Fc1ccc(-c2cccc3c2CNCC3F)c(F)c1. The van der Waals surface area contributed by atoms with Gasteiger partial charge in [0.05, 0.1) is 0 Å². The van der Waals surface area contributed by atoms with E-state index in [2.05, 4.69) is 5.32 Å². The molecule has 1 heterocycles. The van der Waals surface area contributed by atoms with Crippen LogP contribution in [0.2, 0.25) is 0 Å². The summed E-state index contributed by atoms with van der Waals surface area (Å²) in [4.78, 5) is 0. The molecular formula is C15H12F3N. The zero-order valence-electron chi connectivity index (χ0n) is 10.1. The molecule has 2 aromatic carbocycles. The van der Waals surface area contributed by atoms with E-state index in [1.807, 2.05) is 0 Å². The van der Waals surface area contributed by atoms with Gasteiger partial charge in [0.25, 0.3) is 0 Å². The van der Waals surface area contributed by atoms with Crippen LogP contribution >= 0.6 is 0 Å². The van der Waals surface area contributed by atoms with Crippen molar-refractivity contribution in [1.82, 2.24) is 5.32 Å². The van der Waals surface area contributed by atoms with E-state index in [4.69, 9.17) is 0 Å². The number of benzene rings is 2. The molecule has 0 saturated carbocycles. The van der Waals surface area contributed by atoms with E-state index in [9.17, 15) is 13.2 Å². The minimum Gasteiger partial charge on any atom is -0.309 e. The van der Waals surface area contributed by atoms with Gasteiger partial charge in [0.2, 0.25) is 0 Å². The van der Waals surface area contributed by atoms with Crippen LogP contribution in [0.1, 0.15) is 17.3 Å². The number of halogens is 3. The van der Waals surface area contributed by atoms with Crippen molar-refractivity contribution in [3.63, 3.8) is 0 Å². The fourth-order valence-electron chi connectivity index (χ4n) is 2.49. The summed E-state index contributed by atoms with van der Waals surface area (Å²) in [6.07, 6.45) is -1.09. The summed E-state index contributed by atoms with van der Waals surface area (Å²) >= 11 is 0. The van der Waals surface area contributed by atoms with Crippen LogP contribution in [-0.2, 0) is 6.54 Å². The van der Waals surface area contributed by atoms with Crippen molar-refractivity contribution in [1.29, 1.82) is 0 Å². The molecule has 0 saturated heterocycles. The molecular weight excluding hydrogens is 251 g/mol. The molecule has 0 aliphatic carbocycles. The summed E-state index contributed by atoms with van der Waals surface area (Å²) in [5.41, 5.74) is 2.24. The Hall–Kier alpha value is -1.81. The molecule has 0 bridgehead atoms. The average molecular weight is 263 g/mol. The van der Waals surface area contributed by atoms with Gasteiger partial charge in [-0.15, -0.1) is 0 Å². The molecule has 4 heteroatoms. The second kappa shape index (κ2) is 4.70. The molecule has 1 aliphatic rings. The molecule has 1 atom stereocenters. The lowest BCUT2D eigenvalue weighted by molar-refractivity contribution is 0.310. The summed E-state index contributed by atoms with van der Waals surface area (Å²) in [6, 6.07) is 8.59. The van der Waals surface area contributed by atoms with Crippen LogP contribution < -0.4 is 5.32 Å². The van der Waals surface area contributed by atoms with Crippen LogP contribution in [0.3, 0.4) is 0 Å². The topological polar surface area (TPSA) is 12.0 Å². The Labute approximate surface area is 109 Å². The number of alkyl halides is 1. The number of hydrogen-bond acceptors (Lipinski definition) is 1. The smallest absolute Gasteiger partial charge is 0.138 e. The van der Waals surface area contributed by atoms with Crippen molar-refractivity contribution < 1.29 is 13.2 Å². The number of fused-ring (bicyclic) bond motifs is 1. The lowest BCUT2D eigenvalue weighted by atomic mass is 9.91. The molecule has 0 radical (unpaired) electrons. The Morgan fingerprint density at radius 3 is 2.68 bits per heavy atom. The maximum atomic E-state index is 13.8. The third kappa shape index (κ3) is 2.12. The Morgan fingerprint density at radius 1 is 1.05 bits per heavy atom. The predicted molar refractivity (Wildman–Crippen MR) is 67.3 cm³/mol. The minimum absolute atomic E-state index is 0.266. The third-order valence-corrected chi connectivity index (χ3v) is 3.40. The molecule has 3 rings (SSSR count). The largest absolute Gasteiger partial charge is 0.309 e. The van der Waals surface area contributed by atoms with Crippen molar-refractivity contribution >= 4 is 0 Å². The van der Waals surface area contributed by atoms with E-state index >= 15 is 0 Å². The Kier molecular flexibility index (Phi) is 3.03. The summed E-state index contributed by atoms with van der Waals surface area (Å²) in [5.74, 6) is -1.25. The highest BCUT2D eigenvalue weighted by molar-refractivity contribution is 5.70. The zero-order valence-corrected chi connectivity index (χ0v) is 10.1. The van der Waals surface area contributed by atoms with E-state index in [-0.39, 0.29) is 6.54 Å². The van der Waals surface area contributed by atoms with Gasteiger partial charge in [-0.2, -0.15) is 0 Å². The van der Waals surface area contributed by atoms with E-state index in [1.165, 1.54) is 12.1 Å². The maximum absolute atomic E-state index is 13.8. The van der Waals surface area contributed by atoms with Crippen LogP contribution in [-0.4, -0.2) is 6.54 Å². The summed E-state index contributed by atoms with van der Waals surface area (Å²) < 4.78 is 40.6. The monoisotopic (exact) mass is 263 g/mol. The molecule has 98 valence electrons. The normalized spacial score (nSPS) is 18.2. The molecule has 0 amide bonds. The van der Waals surface area contributed by atoms with Gasteiger partial charge in [0, 0.05) is 24.7 Å². The van der Waals surface area contributed by atoms with Crippen LogP contribution in [0.15, 0.2) is 36.4 Å². The highest BCUT2D eigenvalue weighted by Gasteiger charge is 2.22. The number of nitrogens with one attached hydrogen (secondary N) is 1. The van der Waals surface area contributed by atoms with Gasteiger partial charge < -0.3 is 5.32 Å². The molecule has 1 aliphatic heterocycles. The van der Waals surface area contributed by atoms with Crippen LogP contribution in [0.25, 0.3) is 11.1 Å². The zero-order chi connectivity index (χ0) is 13.4. The minimum atomic E-state index is -1.09. The van der Waals surface area contributed by atoms with Gasteiger partial charge >= 0.3 is 0 Å². The summed E-state index contributed by atoms with van der Waals surface area (Å²) in [6.45, 7) is 0.755. The van der Waals surface area contributed by atoms with Crippen molar-refractivity contribution in [2.45, 2.75) is 12.7 Å². The van der Waals surface area contributed by atoms with E-state index < -0.39 is 17.8 Å². The average Bonchev–Trinajstić information content (AvgIpc) is 2.39. The quantitative estimate of drug-likeness (QED) is 0.826. The van der Waals surface area contributed by atoms with Crippen LogP contribution in [0.5, 0.6) is 0 Å². The summed E-state index contributed by atoms with van der Waals surface area (Å²) in [7, 11) is 0. The molecule has 0 spiro atoms. The lowest BCUT2D eigenvalue weighted by Crippen LogP contribution is -2.26. The predicted octanol–water partition coefficient (Wildman–Crippen LogP) is 3.75. The first-order chi connectivity index (χ1) is 9.16.